The first-order chi connectivity index (χ1) is 8.40. The zero-order valence-electron chi connectivity index (χ0n) is 11.1. The van der Waals surface area contributed by atoms with Crippen LogP contribution in [0.1, 0.15) is 51.9 Å². The molecule has 17 heavy (non-hydrogen) atoms. The van der Waals surface area contributed by atoms with Crippen LogP contribution in [0.3, 0.4) is 0 Å². The molecule has 0 aromatic heterocycles. The van der Waals surface area contributed by atoms with Crippen LogP contribution in [0.5, 0.6) is 0 Å². The summed E-state index contributed by atoms with van der Waals surface area (Å²) in [5.74, 6) is 1.23. The highest BCUT2D eigenvalue weighted by molar-refractivity contribution is 4.91. The van der Waals surface area contributed by atoms with E-state index >= 15 is 0 Å². The molecule has 2 heteroatoms. The lowest BCUT2D eigenvalue weighted by Gasteiger charge is -2.34. The smallest absolute Gasteiger partial charge is 0.160 e. The van der Waals surface area contributed by atoms with Crippen molar-refractivity contribution in [1.82, 2.24) is 0 Å². The third kappa shape index (κ3) is 4.11. The van der Waals surface area contributed by atoms with Gasteiger partial charge in [0, 0.05) is 11.8 Å². The minimum atomic E-state index is 0.0716. The van der Waals surface area contributed by atoms with Crippen LogP contribution in [-0.2, 0) is 9.47 Å². The standard InChI is InChI=1S/C15H26O2/c1-2-3-5-8-13-11-16-15(17-12-13)14-9-6-4-7-10-14/h4,6,13-15H,2-3,5,7-12H2,1H3. The molecule has 2 nitrogen and oxygen atoms in total. The summed E-state index contributed by atoms with van der Waals surface area (Å²) < 4.78 is 11.8. The number of ether oxygens (including phenoxy) is 2. The zero-order chi connectivity index (χ0) is 11.9. The molecule has 0 amide bonds. The maximum atomic E-state index is 5.90. The van der Waals surface area contributed by atoms with E-state index in [1.54, 1.807) is 0 Å². The monoisotopic (exact) mass is 238 g/mol. The Kier molecular flexibility index (Phi) is 5.53. The Hall–Kier alpha value is -0.340. The van der Waals surface area contributed by atoms with E-state index in [4.69, 9.17) is 9.47 Å². The lowest BCUT2D eigenvalue weighted by atomic mass is 9.93. The van der Waals surface area contributed by atoms with Gasteiger partial charge >= 0.3 is 0 Å². The van der Waals surface area contributed by atoms with E-state index in [9.17, 15) is 0 Å². The highest BCUT2D eigenvalue weighted by Gasteiger charge is 2.28. The first-order valence-electron chi connectivity index (χ1n) is 7.28. The molecular formula is C15H26O2. The van der Waals surface area contributed by atoms with Gasteiger partial charge in [0.2, 0.25) is 0 Å². The van der Waals surface area contributed by atoms with Gasteiger partial charge < -0.3 is 9.47 Å². The third-order valence-electron chi connectivity index (χ3n) is 3.90. The molecule has 0 spiro atoms. The molecule has 0 aromatic rings. The van der Waals surface area contributed by atoms with Crippen LogP contribution in [0.25, 0.3) is 0 Å². The van der Waals surface area contributed by atoms with Gasteiger partial charge in [-0.2, -0.15) is 0 Å². The number of unbranched alkanes of at least 4 members (excludes halogenated alkanes) is 2. The lowest BCUT2D eigenvalue weighted by molar-refractivity contribution is -0.226. The lowest BCUT2D eigenvalue weighted by Crippen LogP contribution is -2.37. The molecule has 0 radical (unpaired) electrons. The van der Waals surface area contributed by atoms with Gasteiger partial charge in [0.15, 0.2) is 6.29 Å². The van der Waals surface area contributed by atoms with Crippen molar-refractivity contribution < 1.29 is 9.47 Å². The molecule has 0 aromatic carbocycles. The van der Waals surface area contributed by atoms with Crippen molar-refractivity contribution in [2.45, 2.75) is 58.2 Å². The van der Waals surface area contributed by atoms with Gasteiger partial charge in [0.25, 0.3) is 0 Å². The third-order valence-corrected chi connectivity index (χ3v) is 3.90. The Bertz CT molecular complexity index is 229. The highest BCUT2D eigenvalue weighted by atomic mass is 16.7. The van der Waals surface area contributed by atoms with Crippen molar-refractivity contribution in [2.24, 2.45) is 11.8 Å². The molecular weight excluding hydrogens is 212 g/mol. The number of hydrogen-bond acceptors (Lipinski definition) is 2. The first kappa shape index (κ1) is 13.1. The summed E-state index contributed by atoms with van der Waals surface area (Å²) in [4.78, 5) is 0. The zero-order valence-corrected chi connectivity index (χ0v) is 11.1. The predicted octanol–water partition coefficient (Wildman–Crippen LogP) is 3.91. The van der Waals surface area contributed by atoms with Crippen LogP contribution in [-0.4, -0.2) is 19.5 Å². The summed E-state index contributed by atoms with van der Waals surface area (Å²) in [6.45, 7) is 4.07. The molecule has 2 aliphatic rings. The molecule has 2 rings (SSSR count). The minimum Gasteiger partial charge on any atom is -0.352 e. The van der Waals surface area contributed by atoms with Crippen LogP contribution < -0.4 is 0 Å². The van der Waals surface area contributed by atoms with Gasteiger partial charge in [0.1, 0.15) is 0 Å². The van der Waals surface area contributed by atoms with Gasteiger partial charge in [-0.15, -0.1) is 0 Å². The van der Waals surface area contributed by atoms with Gasteiger partial charge in [-0.05, 0) is 25.7 Å². The van der Waals surface area contributed by atoms with Crippen molar-refractivity contribution in [3.63, 3.8) is 0 Å². The fourth-order valence-corrected chi connectivity index (χ4v) is 2.74. The van der Waals surface area contributed by atoms with Gasteiger partial charge in [0.05, 0.1) is 13.2 Å². The fraction of sp³-hybridized carbons (Fsp3) is 0.867. The van der Waals surface area contributed by atoms with Crippen molar-refractivity contribution in [3.8, 4) is 0 Å². The number of rotatable bonds is 5. The first-order valence-corrected chi connectivity index (χ1v) is 7.28. The topological polar surface area (TPSA) is 18.5 Å². The molecule has 1 aliphatic heterocycles. The van der Waals surface area contributed by atoms with E-state index in [0.29, 0.717) is 11.8 Å². The average molecular weight is 238 g/mol. The van der Waals surface area contributed by atoms with E-state index in [-0.39, 0.29) is 6.29 Å². The van der Waals surface area contributed by atoms with E-state index in [0.717, 1.165) is 19.6 Å². The highest BCUT2D eigenvalue weighted by Crippen LogP contribution is 2.28. The summed E-state index contributed by atoms with van der Waals surface area (Å²) in [5.41, 5.74) is 0. The molecule has 98 valence electrons. The molecule has 1 saturated heterocycles. The largest absolute Gasteiger partial charge is 0.352 e. The maximum Gasteiger partial charge on any atom is 0.160 e. The number of hydrogen-bond donors (Lipinski definition) is 0. The van der Waals surface area contributed by atoms with Crippen molar-refractivity contribution in [2.75, 3.05) is 13.2 Å². The minimum absolute atomic E-state index is 0.0716. The molecule has 0 N–H and O–H groups in total. The second kappa shape index (κ2) is 7.17. The summed E-state index contributed by atoms with van der Waals surface area (Å²) in [7, 11) is 0. The molecule has 0 saturated carbocycles. The van der Waals surface area contributed by atoms with Crippen LogP contribution in [0, 0.1) is 11.8 Å². The second-order valence-electron chi connectivity index (χ2n) is 5.44. The quantitative estimate of drug-likeness (QED) is 0.534. The normalized spacial score (nSPS) is 33.8. The molecule has 0 bridgehead atoms. The molecule has 1 atom stereocenters. The van der Waals surface area contributed by atoms with E-state index in [1.165, 1.54) is 38.5 Å². The van der Waals surface area contributed by atoms with E-state index < -0.39 is 0 Å². The van der Waals surface area contributed by atoms with E-state index in [2.05, 4.69) is 19.1 Å². The Morgan fingerprint density at radius 3 is 2.59 bits per heavy atom. The van der Waals surface area contributed by atoms with E-state index in [1.807, 2.05) is 0 Å². The molecule has 1 unspecified atom stereocenters. The van der Waals surface area contributed by atoms with Crippen molar-refractivity contribution in [3.05, 3.63) is 12.2 Å². The Balaban J connectivity index is 1.65. The second-order valence-corrected chi connectivity index (χ2v) is 5.44. The van der Waals surface area contributed by atoms with Gasteiger partial charge in [-0.3, -0.25) is 0 Å². The molecule has 1 aliphatic carbocycles. The molecule has 1 heterocycles. The summed E-state index contributed by atoms with van der Waals surface area (Å²) in [6, 6.07) is 0. The summed E-state index contributed by atoms with van der Waals surface area (Å²) >= 11 is 0. The van der Waals surface area contributed by atoms with Crippen LogP contribution in [0.2, 0.25) is 0 Å². The van der Waals surface area contributed by atoms with Gasteiger partial charge in [-0.1, -0.05) is 38.3 Å². The van der Waals surface area contributed by atoms with Gasteiger partial charge in [-0.25, -0.2) is 0 Å². The Labute approximate surface area is 105 Å². The number of allylic oxidation sites excluding steroid dienone is 2. The average Bonchev–Trinajstić information content (AvgIpc) is 2.41. The SMILES string of the molecule is CCCCCC1COC(C2CC=CCC2)OC1. The fourth-order valence-electron chi connectivity index (χ4n) is 2.74. The van der Waals surface area contributed by atoms with Crippen LogP contribution in [0.4, 0.5) is 0 Å². The van der Waals surface area contributed by atoms with Crippen LogP contribution in [0.15, 0.2) is 12.2 Å². The Morgan fingerprint density at radius 1 is 1.12 bits per heavy atom. The van der Waals surface area contributed by atoms with Crippen LogP contribution >= 0.6 is 0 Å². The summed E-state index contributed by atoms with van der Waals surface area (Å²) in [6.07, 6.45) is 13.4. The maximum absolute atomic E-state index is 5.90. The summed E-state index contributed by atoms with van der Waals surface area (Å²) in [5, 5.41) is 0. The molecule has 1 fully saturated rings. The Morgan fingerprint density at radius 2 is 1.94 bits per heavy atom. The van der Waals surface area contributed by atoms with Crippen molar-refractivity contribution >= 4 is 0 Å². The predicted molar refractivity (Wildman–Crippen MR) is 69.8 cm³/mol. The van der Waals surface area contributed by atoms with Crippen molar-refractivity contribution in [1.29, 1.82) is 0 Å².